The van der Waals surface area contributed by atoms with Crippen LogP contribution in [0.5, 0.6) is 0 Å². The number of amides is 1. The van der Waals surface area contributed by atoms with Crippen LogP contribution in [0.4, 0.5) is 0 Å². The molecule has 19 heavy (non-hydrogen) atoms. The molecule has 1 aliphatic rings. The van der Waals surface area contributed by atoms with Gasteiger partial charge in [0.15, 0.2) is 5.76 Å². The Hall–Kier alpha value is -1.41. The zero-order chi connectivity index (χ0) is 14.0. The lowest BCUT2D eigenvalue weighted by Gasteiger charge is -2.15. The highest BCUT2D eigenvalue weighted by molar-refractivity contribution is 7.89. The van der Waals surface area contributed by atoms with Crippen molar-refractivity contribution < 1.29 is 17.7 Å². The predicted octanol–water partition coefficient (Wildman–Crippen LogP) is 0.192. The molecule has 0 atom stereocenters. The van der Waals surface area contributed by atoms with Crippen molar-refractivity contribution in [1.82, 2.24) is 14.8 Å². The van der Waals surface area contributed by atoms with Gasteiger partial charge in [0, 0.05) is 13.1 Å². The second kappa shape index (κ2) is 5.30. The SMILES string of the molecule is Cc1noc(C)c1S(=O)(=O)NCC(=O)N1CCCC1. The number of likely N-dealkylation sites (tertiary alicyclic amines) is 1. The molecular weight excluding hydrogens is 270 g/mol. The molecule has 106 valence electrons. The van der Waals surface area contributed by atoms with Crippen molar-refractivity contribution in [3.8, 4) is 0 Å². The first-order valence-electron chi connectivity index (χ1n) is 6.12. The smallest absolute Gasteiger partial charge is 0.246 e. The lowest BCUT2D eigenvalue weighted by Crippen LogP contribution is -2.38. The molecule has 0 aliphatic carbocycles. The summed E-state index contributed by atoms with van der Waals surface area (Å²) in [5.74, 6) is 0.0199. The fourth-order valence-corrected chi connectivity index (χ4v) is 3.47. The number of carbonyl (C=O) groups is 1. The summed E-state index contributed by atoms with van der Waals surface area (Å²) in [5, 5.41) is 3.60. The third-order valence-electron chi connectivity index (χ3n) is 3.11. The van der Waals surface area contributed by atoms with Crippen LogP contribution in [-0.2, 0) is 14.8 Å². The number of sulfonamides is 1. The van der Waals surface area contributed by atoms with E-state index >= 15 is 0 Å². The van der Waals surface area contributed by atoms with E-state index in [9.17, 15) is 13.2 Å². The fourth-order valence-electron chi connectivity index (χ4n) is 2.17. The van der Waals surface area contributed by atoms with E-state index in [4.69, 9.17) is 4.52 Å². The summed E-state index contributed by atoms with van der Waals surface area (Å²) < 4.78 is 31.3. The molecule has 0 spiro atoms. The second-order valence-electron chi connectivity index (χ2n) is 4.57. The average molecular weight is 287 g/mol. The van der Waals surface area contributed by atoms with Crippen molar-refractivity contribution in [2.45, 2.75) is 31.6 Å². The first kappa shape index (κ1) is 14.0. The van der Waals surface area contributed by atoms with Gasteiger partial charge in [0.25, 0.3) is 0 Å². The molecule has 1 saturated heterocycles. The maximum Gasteiger partial charge on any atom is 0.246 e. The van der Waals surface area contributed by atoms with Crippen LogP contribution in [0.2, 0.25) is 0 Å². The molecule has 0 bridgehead atoms. The summed E-state index contributed by atoms with van der Waals surface area (Å²) in [6.07, 6.45) is 1.95. The molecule has 1 amide bonds. The highest BCUT2D eigenvalue weighted by Crippen LogP contribution is 2.18. The number of nitrogens with one attached hydrogen (secondary N) is 1. The Kier molecular flexibility index (Phi) is 3.91. The van der Waals surface area contributed by atoms with E-state index in [0.29, 0.717) is 18.8 Å². The molecule has 1 aliphatic heterocycles. The van der Waals surface area contributed by atoms with Gasteiger partial charge in [0.1, 0.15) is 10.6 Å². The molecule has 1 N–H and O–H groups in total. The molecule has 2 rings (SSSR count). The zero-order valence-electron chi connectivity index (χ0n) is 11.0. The quantitative estimate of drug-likeness (QED) is 0.853. The minimum atomic E-state index is -3.76. The fraction of sp³-hybridized carbons (Fsp3) is 0.636. The molecule has 1 aromatic heterocycles. The third kappa shape index (κ3) is 2.95. The van der Waals surface area contributed by atoms with Gasteiger partial charge in [-0.15, -0.1) is 0 Å². The van der Waals surface area contributed by atoms with Crippen LogP contribution >= 0.6 is 0 Å². The van der Waals surface area contributed by atoms with Crippen molar-refractivity contribution in [3.63, 3.8) is 0 Å². The molecule has 1 aromatic rings. The molecule has 7 nitrogen and oxygen atoms in total. The Morgan fingerprint density at radius 3 is 2.53 bits per heavy atom. The largest absolute Gasteiger partial charge is 0.360 e. The Morgan fingerprint density at radius 2 is 2.00 bits per heavy atom. The summed E-state index contributed by atoms with van der Waals surface area (Å²) in [7, 11) is -3.76. The number of hydrogen-bond acceptors (Lipinski definition) is 5. The van der Waals surface area contributed by atoms with E-state index in [1.54, 1.807) is 11.8 Å². The topological polar surface area (TPSA) is 92.5 Å². The minimum absolute atomic E-state index is 0.0155. The van der Waals surface area contributed by atoms with Crippen LogP contribution in [0.25, 0.3) is 0 Å². The number of hydrogen-bond donors (Lipinski definition) is 1. The monoisotopic (exact) mass is 287 g/mol. The summed E-state index contributed by atoms with van der Waals surface area (Å²) in [5.41, 5.74) is 0.290. The van der Waals surface area contributed by atoms with Crippen LogP contribution in [0, 0.1) is 13.8 Å². The zero-order valence-corrected chi connectivity index (χ0v) is 11.8. The first-order chi connectivity index (χ1) is 8.92. The molecule has 0 saturated carbocycles. The summed E-state index contributed by atoms with van der Waals surface area (Å²) in [4.78, 5) is 13.5. The number of aromatic nitrogens is 1. The second-order valence-corrected chi connectivity index (χ2v) is 6.27. The van der Waals surface area contributed by atoms with Crippen LogP contribution in [0.3, 0.4) is 0 Å². The van der Waals surface area contributed by atoms with Crippen LogP contribution in [-0.4, -0.2) is 44.0 Å². The van der Waals surface area contributed by atoms with Gasteiger partial charge in [-0.3, -0.25) is 4.79 Å². The summed E-state index contributed by atoms with van der Waals surface area (Å²) >= 11 is 0. The van der Waals surface area contributed by atoms with E-state index in [1.165, 1.54) is 6.92 Å². The van der Waals surface area contributed by atoms with Crippen LogP contribution in [0.1, 0.15) is 24.3 Å². The van der Waals surface area contributed by atoms with Crippen molar-refractivity contribution in [2.75, 3.05) is 19.6 Å². The van der Waals surface area contributed by atoms with Gasteiger partial charge in [-0.2, -0.15) is 0 Å². The Labute approximate surface area is 112 Å². The number of aryl methyl sites for hydroxylation is 2. The van der Waals surface area contributed by atoms with Crippen molar-refractivity contribution in [3.05, 3.63) is 11.5 Å². The van der Waals surface area contributed by atoms with Gasteiger partial charge in [-0.25, -0.2) is 13.1 Å². The van der Waals surface area contributed by atoms with E-state index < -0.39 is 10.0 Å². The molecule has 8 heteroatoms. The third-order valence-corrected chi connectivity index (χ3v) is 4.75. The van der Waals surface area contributed by atoms with Crippen molar-refractivity contribution in [2.24, 2.45) is 0 Å². The van der Waals surface area contributed by atoms with Crippen molar-refractivity contribution >= 4 is 15.9 Å². The number of carbonyl (C=O) groups excluding carboxylic acids is 1. The minimum Gasteiger partial charge on any atom is -0.360 e. The van der Waals surface area contributed by atoms with Gasteiger partial charge < -0.3 is 9.42 Å². The van der Waals surface area contributed by atoms with Gasteiger partial charge in [0.05, 0.1) is 6.54 Å². The molecule has 0 unspecified atom stereocenters. The van der Waals surface area contributed by atoms with Gasteiger partial charge in [-0.1, -0.05) is 5.16 Å². The Balaban J connectivity index is 2.04. The first-order valence-corrected chi connectivity index (χ1v) is 7.60. The summed E-state index contributed by atoms with van der Waals surface area (Å²) in [6.45, 7) is 4.24. The van der Waals surface area contributed by atoms with E-state index in [1.807, 2.05) is 0 Å². The lowest BCUT2D eigenvalue weighted by atomic mass is 10.4. The summed E-state index contributed by atoms with van der Waals surface area (Å²) in [6, 6.07) is 0. The highest BCUT2D eigenvalue weighted by atomic mass is 32.2. The lowest BCUT2D eigenvalue weighted by molar-refractivity contribution is -0.128. The maximum atomic E-state index is 12.1. The van der Waals surface area contributed by atoms with Gasteiger partial charge in [-0.05, 0) is 26.7 Å². The normalized spacial score (nSPS) is 16.0. The van der Waals surface area contributed by atoms with Gasteiger partial charge >= 0.3 is 0 Å². The molecular formula is C11H17N3O4S. The Bertz CT molecular complexity index is 553. The highest BCUT2D eigenvalue weighted by Gasteiger charge is 2.26. The van der Waals surface area contributed by atoms with Crippen LogP contribution < -0.4 is 4.72 Å². The standard InChI is InChI=1S/C11H17N3O4S/c1-8-11(9(2)18-13-8)19(16,17)12-7-10(15)14-5-3-4-6-14/h12H,3-7H2,1-2H3. The Morgan fingerprint density at radius 1 is 1.37 bits per heavy atom. The molecule has 0 aromatic carbocycles. The number of nitrogens with zero attached hydrogens (tertiary/aromatic N) is 2. The van der Waals surface area contributed by atoms with E-state index in [2.05, 4.69) is 9.88 Å². The van der Waals surface area contributed by atoms with Gasteiger partial charge in [0.2, 0.25) is 15.9 Å². The van der Waals surface area contributed by atoms with E-state index in [0.717, 1.165) is 12.8 Å². The molecule has 0 radical (unpaired) electrons. The maximum absolute atomic E-state index is 12.1. The number of rotatable bonds is 4. The van der Waals surface area contributed by atoms with E-state index in [-0.39, 0.29) is 23.1 Å². The molecule has 1 fully saturated rings. The molecule has 2 heterocycles. The predicted molar refractivity (Wildman–Crippen MR) is 67.0 cm³/mol. The average Bonchev–Trinajstić information content (AvgIpc) is 2.96. The van der Waals surface area contributed by atoms with Crippen molar-refractivity contribution in [1.29, 1.82) is 0 Å². The van der Waals surface area contributed by atoms with Crippen LogP contribution in [0.15, 0.2) is 9.42 Å².